The molecule has 2 aromatic carbocycles. The molecule has 0 aliphatic carbocycles. The molecule has 8 heteroatoms. The summed E-state index contributed by atoms with van der Waals surface area (Å²) in [6.45, 7) is 3.37. The van der Waals surface area contributed by atoms with Crippen molar-refractivity contribution < 1.29 is 19.5 Å². The zero-order valence-electron chi connectivity index (χ0n) is 15.8. The van der Waals surface area contributed by atoms with Crippen molar-refractivity contribution in [3.63, 3.8) is 0 Å². The zero-order valence-corrected chi connectivity index (χ0v) is 18.1. The number of carbonyl (C=O) groups is 3. The Morgan fingerprint density at radius 2 is 1.62 bits per heavy atom. The number of rotatable bonds is 7. The van der Waals surface area contributed by atoms with Crippen molar-refractivity contribution in [2.45, 2.75) is 19.9 Å². The van der Waals surface area contributed by atoms with Crippen molar-refractivity contribution in [2.24, 2.45) is 5.92 Å². The SMILES string of the molecule is CC(C)[C@@H](NC(=O)/C(=C/c1ccc(Cl)cc1)NC(=O)c1ccc(Br)cc1)C(=O)O. The van der Waals surface area contributed by atoms with Gasteiger partial charge in [0.1, 0.15) is 11.7 Å². The molecular formula is C21H20BrClN2O4. The van der Waals surface area contributed by atoms with E-state index in [9.17, 15) is 19.5 Å². The Hall–Kier alpha value is -2.64. The highest BCUT2D eigenvalue weighted by Gasteiger charge is 2.25. The molecule has 6 nitrogen and oxygen atoms in total. The van der Waals surface area contributed by atoms with Crippen LogP contribution in [0.4, 0.5) is 0 Å². The van der Waals surface area contributed by atoms with Crippen LogP contribution < -0.4 is 10.6 Å². The van der Waals surface area contributed by atoms with E-state index in [0.717, 1.165) is 4.47 Å². The number of carbonyl (C=O) groups excluding carboxylic acids is 2. The van der Waals surface area contributed by atoms with Crippen molar-refractivity contribution in [1.29, 1.82) is 0 Å². The lowest BCUT2D eigenvalue weighted by atomic mass is 10.0. The van der Waals surface area contributed by atoms with Gasteiger partial charge in [-0.05, 0) is 54.0 Å². The maximum absolute atomic E-state index is 12.8. The van der Waals surface area contributed by atoms with Crippen molar-refractivity contribution in [2.75, 3.05) is 0 Å². The van der Waals surface area contributed by atoms with Crippen LogP contribution in [0.3, 0.4) is 0 Å². The monoisotopic (exact) mass is 478 g/mol. The number of hydrogen-bond donors (Lipinski definition) is 3. The van der Waals surface area contributed by atoms with Crippen LogP contribution in [-0.4, -0.2) is 28.9 Å². The molecule has 2 amide bonds. The van der Waals surface area contributed by atoms with E-state index in [4.69, 9.17) is 11.6 Å². The fourth-order valence-electron chi connectivity index (χ4n) is 2.41. The minimum Gasteiger partial charge on any atom is -0.480 e. The Kier molecular flexibility index (Phi) is 7.99. The van der Waals surface area contributed by atoms with Gasteiger partial charge in [-0.3, -0.25) is 9.59 Å². The minimum atomic E-state index is -1.15. The Labute approximate surface area is 182 Å². The summed E-state index contributed by atoms with van der Waals surface area (Å²) < 4.78 is 0.810. The van der Waals surface area contributed by atoms with Crippen LogP contribution in [0.25, 0.3) is 6.08 Å². The number of nitrogens with one attached hydrogen (secondary N) is 2. The molecule has 0 saturated carbocycles. The quantitative estimate of drug-likeness (QED) is 0.521. The number of halogens is 2. The second-order valence-electron chi connectivity index (χ2n) is 6.60. The first kappa shape index (κ1) is 22.6. The summed E-state index contributed by atoms with van der Waals surface area (Å²) >= 11 is 9.19. The number of carboxylic acids is 1. The van der Waals surface area contributed by atoms with Crippen LogP contribution in [0.5, 0.6) is 0 Å². The van der Waals surface area contributed by atoms with Crippen LogP contribution in [0, 0.1) is 5.92 Å². The molecule has 0 aliphatic rings. The summed E-state index contributed by atoms with van der Waals surface area (Å²) in [7, 11) is 0. The molecule has 152 valence electrons. The zero-order chi connectivity index (χ0) is 21.6. The van der Waals surface area contributed by atoms with Crippen molar-refractivity contribution >= 4 is 51.4 Å². The Balaban J connectivity index is 2.33. The molecule has 1 atom stereocenters. The van der Waals surface area contributed by atoms with E-state index in [0.29, 0.717) is 16.1 Å². The molecule has 0 aromatic heterocycles. The van der Waals surface area contributed by atoms with Gasteiger partial charge < -0.3 is 15.7 Å². The maximum atomic E-state index is 12.8. The van der Waals surface area contributed by atoms with Crippen LogP contribution in [-0.2, 0) is 9.59 Å². The molecule has 0 bridgehead atoms. The van der Waals surface area contributed by atoms with Gasteiger partial charge >= 0.3 is 5.97 Å². The van der Waals surface area contributed by atoms with E-state index < -0.39 is 23.8 Å². The first-order valence-corrected chi connectivity index (χ1v) is 9.92. The first-order valence-electron chi connectivity index (χ1n) is 8.75. The molecule has 0 spiro atoms. The van der Waals surface area contributed by atoms with Gasteiger partial charge in [-0.25, -0.2) is 4.79 Å². The fourth-order valence-corrected chi connectivity index (χ4v) is 2.80. The van der Waals surface area contributed by atoms with Gasteiger partial charge in [-0.15, -0.1) is 0 Å². The van der Waals surface area contributed by atoms with Gasteiger partial charge in [0.2, 0.25) is 0 Å². The lowest BCUT2D eigenvalue weighted by molar-refractivity contribution is -0.142. The van der Waals surface area contributed by atoms with Gasteiger partial charge in [0.25, 0.3) is 11.8 Å². The molecule has 29 heavy (non-hydrogen) atoms. The highest BCUT2D eigenvalue weighted by atomic mass is 79.9. The summed E-state index contributed by atoms with van der Waals surface area (Å²) in [6.07, 6.45) is 1.46. The molecule has 0 heterocycles. The van der Waals surface area contributed by atoms with E-state index in [1.807, 2.05) is 0 Å². The number of carboxylic acid groups (broad SMARTS) is 1. The van der Waals surface area contributed by atoms with E-state index in [1.165, 1.54) is 6.08 Å². The fraction of sp³-hybridized carbons (Fsp3) is 0.190. The topological polar surface area (TPSA) is 95.5 Å². The molecule has 0 aliphatic heterocycles. The van der Waals surface area contributed by atoms with E-state index in [2.05, 4.69) is 26.6 Å². The summed E-state index contributed by atoms with van der Waals surface area (Å²) in [6, 6.07) is 12.2. The van der Waals surface area contributed by atoms with E-state index >= 15 is 0 Å². The van der Waals surface area contributed by atoms with E-state index in [1.54, 1.807) is 62.4 Å². The minimum absolute atomic E-state index is 0.0767. The van der Waals surface area contributed by atoms with Crippen molar-refractivity contribution in [3.8, 4) is 0 Å². The molecule has 3 N–H and O–H groups in total. The largest absolute Gasteiger partial charge is 0.480 e. The average Bonchev–Trinajstić information content (AvgIpc) is 2.67. The highest BCUT2D eigenvalue weighted by Crippen LogP contribution is 2.14. The number of benzene rings is 2. The number of amides is 2. The number of aliphatic carboxylic acids is 1. The Morgan fingerprint density at radius 1 is 1.03 bits per heavy atom. The van der Waals surface area contributed by atoms with Gasteiger partial charge in [0.05, 0.1) is 0 Å². The maximum Gasteiger partial charge on any atom is 0.326 e. The predicted octanol–water partition coefficient (Wildman–Crippen LogP) is 4.10. The van der Waals surface area contributed by atoms with Crippen LogP contribution in [0.2, 0.25) is 5.02 Å². The summed E-state index contributed by atoms with van der Waals surface area (Å²) in [5.74, 6) is -2.69. The van der Waals surface area contributed by atoms with Crippen LogP contribution >= 0.6 is 27.5 Å². The average molecular weight is 480 g/mol. The first-order chi connectivity index (χ1) is 13.7. The molecule has 0 unspecified atom stereocenters. The smallest absolute Gasteiger partial charge is 0.326 e. The third-order valence-corrected chi connectivity index (χ3v) is 4.78. The summed E-state index contributed by atoms with van der Waals surface area (Å²) in [5, 5.41) is 14.9. The lowest BCUT2D eigenvalue weighted by Crippen LogP contribution is -2.47. The standard InChI is InChI=1S/C21H20BrClN2O4/c1-12(2)18(21(28)29)25-20(27)17(11-13-3-9-16(23)10-4-13)24-19(26)14-5-7-15(22)8-6-14/h3-12,18H,1-2H3,(H,24,26)(H,25,27)(H,28,29)/b17-11-/t18-/m1/s1. The second-order valence-corrected chi connectivity index (χ2v) is 7.96. The molecule has 2 aromatic rings. The van der Waals surface area contributed by atoms with Crippen LogP contribution in [0.15, 0.2) is 58.7 Å². The van der Waals surface area contributed by atoms with Crippen molar-refractivity contribution in [3.05, 3.63) is 74.9 Å². The number of hydrogen-bond acceptors (Lipinski definition) is 3. The predicted molar refractivity (Wildman–Crippen MR) is 115 cm³/mol. The van der Waals surface area contributed by atoms with Gasteiger partial charge in [-0.1, -0.05) is 53.5 Å². The summed E-state index contributed by atoms with van der Waals surface area (Å²) in [5.41, 5.74) is 0.890. The molecule has 0 fully saturated rings. The second kappa shape index (κ2) is 10.2. The Bertz CT molecular complexity index is 925. The lowest BCUT2D eigenvalue weighted by Gasteiger charge is -2.19. The third kappa shape index (κ3) is 6.73. The third-order valence-electron chi connectivity index (χ3n) is 4.00. The van der Waals surface area contributed by atoms with Gasteiger partial charge in [0, 0.05) is 15.1 Å². The van der Waals surface area contributed by atoms with Crippen LogP contribution in [0.1, 0.15) is 29.8 Å². The van der Waals surface area contributed by atoms with E-state index in [-0.39, 0.29) is 11.6 Å². The molecule has 2 rings (SSSR count). The Morgan fingerprint density at radius 3 is 2.14 bits per heavy atom. The van der Waals surface area contributed by atoms with Gasteiger partial charge in [-0.2, -0.15) is 0 Å². The highest BCUT2D eigenvalue weighted by molar-refractivity contribution is 9.10. The molecular weight excluding hydrogens is 460 g/mol. The van der Waals surface area contributed by atoms with Crippen molar-refractivity contribution in [1.82, 2.24) is 10.6 Å². The summed E-state index contributed by atoms with van der Waals surface area (Å²) in [4.78, 5) is 36.8. The molecule has 0 saturated heterocycles. The molecule has 0 radical (unpaired) electrons. The normalized spacial score (nSPS) is 12.4. The van der Waals surface area contributed by atoms with Gasteiger partial charge in [0.15, 0.2) is 0 Å².